The lowest BCUT2D eigenvalue weighted by molar-refractivity contribution is -0.112. The van der Waals surface area contributed by atoms with Crippen molar-refractivity contribution in [3.8, 4) is 17.6 Å². The third-order valence-electron chi connectivity index (χ3n) is 4.41. The van der Waals surface area contributed by atoms with Gasteiger partial charge in [0.1, 0.15) is 24.1 Å². The van der Waals surface area contributed by atoms with E-state index in [1.165, 1.54) is 12.1 Å². The standard InChI is InChI=1S/C25H20ClFN2O3/c1-2-31-24-14-17(11-12-23(24)32-16-18-7-3-5-9-21(18)27)13-19(15-28)25(30)29-22-10-6-4-8-20(22)26/h3-14H,2,16H2,1H3,(H,29,30)/b19-13+. The SMILES string of the molecule is CCOc1cc(/C=C(\C#N)C(=O)Nc2ccccc2Cl)ccc1OCc1ccccc1F. The summed E-state index contributed by atoms with van der Waals surface area (Å²) in [6.45, 7) is 2.23. The van der Waals surface area contributed by atoms with E-state index in [1.807, 2.05) is 13.0 Å². The highest BCUT2D eigenvalue weighted by atomic mass is 35.5. The van der Waals surface area contributed by atoms with Gasteiger partial charge in [0.25, 0.3) is 5.91 Å². The summed E-state index contributed by atoms with van der Waals surface area (Å²) in [5.41, 5.74) is 1.29. The highest BCUT2D eigenvalue weighted by molar-refractivity contribution is 6.34. The van der Waals surface area contributed by atoms with Gasteiger partial charge in [-0.1, -0.05) is 48.0 Å². The number of carbonyl (C=O) groups excluding carboxylic acids is 1. The van der Waals surface area contributed by atoms with Crippen LogP contribution in [0.1, 0.15) is 18.1 Å². The highest BCUT2D eigenvalue weighted by Gasteiger charge is 2.13. The molecule has 7 heteroatoms. The van der Waals surface area contributed by atoms with Crippen LogP contribution in [0, 0.1) is 17.1 Å². The zero-order chi connectivity index (χ0) is 22.9. The maximum atomic E-state index is 13.8. The number of nitriles is 1. The lowest BCUT2D eigenvalue weighted by atomic mass is 10.1. The summed E-state index contributed by atoms with van der Waals surface area (Å²) in [5.74, 6) is -0.0979. The number of amides is 1. The fourth-order valence-corrected chi connectivity index (χ4v) is 3.02. The lowest BCUT2D eigenvalue weighted by Crippen LogP contribution is -2.13. The van der Waals surface area contributed by atoms with E-state index in [1.54, 1.807) is 60.7 Å². The summed E-state index contributed by atoms with van der Waals surface area (Å²) in [7, 11) is 0. The molecule has 0 fully saturated rings. The molecule has 3 aromatic rings. The van der Waals surface area contributed by atoms with E-state index in [4.69, 9.17) is 21.1 Å². The number of anilines is 1. The van der Waals surface area contributed by atoms with Crippen LogP contribution < -0.4 is 14.8 Å². The van der Waals surface area contributed by atoms with Gasteiger partial charge in [-0.3, -0.25) is 4.79 Å². The van der Waals surface area contributed by atoms with E-state index in [0.29, 0.717) is 39.9 Å². The van der Waals surface area contributed by atoms with Crippen molar-refractivity contribution in [1.29, 1.82) is 5.26 Å². The second-order valence-electron chi connectivity index (χ2n) is 6.62. The smallest absolute Gasteiger partial charge is 0.266 e. The highest BCUT2D eigenvalue weighted by Crippen LogP contribution is 2.30. The normalized spacial score (nSPS) is 10.9. The summed E-state index contributed by atoms with van der Waals surface area (Å²) in [4.78, 5) is 12.5. The van der Waals surface area contributed by atoms with Crippen molar-refractivity contribution in [1.82, 2.24) is 0 Å². The first-order valence-electron chi connectivity index (χ1n) is 9.82. The van der Waals surface area contributed by atoms with E-state index in [0.717, 1.165) is 0 Å². The Bertz CT molecular complexity index is 1190. The van der Waals surface area contributed by atoms with Gasteiger partial charge in [-0.25, -0.2) is 4.39 Å². The summed E-state index contributed by atoms with van der Waals surface area (Å²) in [6, 6.07) is 20.0. The quantitative estimate of drug-likeness (QED) is 0.337. The molecule has 0 aromatic heterocycles. The first-order chi connectivity index (χ1) is 15.5. The Labute approximate surface area is 190 Å². The predicted octanol–water partition coefficient (Wildman–Crippen LogP) is 6.00. The van der Waals surface area contributed by atoms with Crippen molar-refractivity contribution < 1.29 is 18.7 Å². The molecule has 0 bridgehead atoms. The number of hydrogen-bond donors (Lipinski definition) is 1. The fraction of sp³-hybridized carbons (Fsp3) is 0.120. The molecular weight excluding hydrogens is 431 g/mol. The minimum atomic E-state index is -0.585. The van der Waals surface area contributed by atoms with Gasteiger partial charge in [-0.05, 0) is 48.9 Å². The van der Waals surface area contributed by atoms with Gasteiger partial charge >= 0.3 is 0 Å². The molecule has 0 aliphatic carbocycles. The molecule has 0 unspecified atom stereocenters. The van der Waals surface area contributed by atoms with Crippen molar-refractivity contribution in [2.24, 2.45) is 0 Å². The molecule has 0 spiro atoms. The van der Waals surface area contributed by atoms with Crippen molar-refractivity contribution in [2.45, 2.75) is 13.5 Å². The van der Waals surface area contributed by atoms with Crippen LogP contribution in [0.5, 0.6) is 11.5 Å². The zero-order valence-electron chi connectivity index (χ0n) is 17.3. The average molecular weight is 451 g/mol. The predicted molar refractivity (Wildman–Crippen MR) is 122 cm³/mol. The van der Waals surface area contributed by atoms with Crippen molar-refractivity contribution in [2.75, 3.05) is 11.9 Å². The average Bonchev–Trinajstić information content (AvgIpc) is 2.79. The molecule has 0 radical (unpaired) electrons. The molecule has 32 heavy (non-hydrogen) atoms. The van der Waals surface area contributed by atoms with E-state index < -0.39 is 5.91 Å². The topological polar surface area (TPSA) is 71.3 Å². The molecule has 1 amide bonds. The number of rotatable bonds is 8. The molecule has 3 rings (SSSR count). The lowest BCUT2D eigenvalue weighted by Gasteiger charge is -2.13. The Morgan fingerprint density at radius 2 is 1.84 bits per heavy atom. The molecule has 3 aromatic carbocycles. The second-order valence-corrected chi connectivity index (χ2v) is 7.03. The van der Waals surface area contributed by atoms with Crippen LogP contribution in [0.2, 0.25) is 5.02 Å². The maximum Gasteiger partial charge on any atom is 0.266 e. The van der Waals surface area contributed by atoms with Gasteiger partial charge in [-0.15, -0.1) is 0 Å². The molecule has 162 valence electrons. The van der Waals surface area contributed by atoms with Crippen molar-refractivity contribution in [3.05, 3.63) is 94.3 Å². The van der Waals surface area contributed by atoms with Crippen LogP contribution in [0.3, 0.4) is 0 Å². The largest absolute Gasteiger partial charge is 0.490 e. The summed E-state index contributed by atoms with van der Waals surface area (Å²) in [5, 5.41) is 12.5. The number of carbonyl (C=O) groups is 1. The molecule has 1 N–H and O–H groups in total. The van der Waals surface area contributed by atoms with Crippen LogP contribution >= 0.6 is 11.6 Å². The molecular formula is C25H20ClFN2O3. The number of benzene rings is 3. The molecule has 0 saturated heterocycles. The van der Waals surface area contributed by atoms with E-state index in [-0.39, 0.29) is 18.0 Å². The van der Waals surface area contributed by atoms with Crippen molar-refractivity contribution in [3.63, 3.8) is 0 Å². The van der Waals surface area contributed by atoms with E-state index in [9.17, 15) is 14.4 Å². The third-order valence-corrected chi connectivity index (χ3v) is 4.74. The van der Waals surface area contributed by atoms with Gasteiger partial charge in [0.05, 0.1) is 17.3 Å². The van der Waals surface area contributed by atoms with Gasteiger partial charge in [0.15, 0.2) is 11.5 Å². The monoisotopic (exact) mass is 450 g/mol. The fourth-order valence-electron chi connectivity index (χ4n) is 2.84. The van der Waals surface area contributed by atoms with Crippen LogP contribution in [-0.4, -0.2) is 12.5 Å². The van der Waals surface area contributed by atoms with Gasteiger partial charge in [-0.2, -0.15) is 5.26 Å². The van der Waals surface area contributed by atoms with Crippen LogP contribution in [-0.2, 0) is 11.4 Å². The molecule has 0 atom stereocenters. The minimum absolute atomic E-state index is 0.0334. The number of hydrogen-bond acceptors (Lipinski definition) is 4. The molecule has 0 aliphatic heterocycles. The Morgan fingerprint density at radius 1 is 1.09 bits per heavy atom. The zero-order valence-corrected chi connectivity index (χ0v) is 18.0. The number of nitrogens with zero attached hydrogens (tertiary/aromatic N) is 1. The Hall–Kier alpha value is -3.82. The second kappa shape index (κ2) is 11.0. The number of para-hydroxylation sites is 1. The number of nitrogens with one attached hydrogen (secondary N) is 1. The van der Waals surface area contributed by atoms with Crippen LogP contribution in [0.25, 0.3) is 6.08 Å². The Morgan fingerprint density at radius 3 is 2.56 bits per heavy atom. The summed E-state index contributed by atoms with van der Waals surface area (Å²) >= 11 is 6.06. The van der Waals surface area contributed by atoms with Gasteiger partial charge < -0.3 is 14.8 Å². The number of ether oxygens (including phenoxy) is 2. The summed E-state index contributed by atoms with van der Waals surface area (Å²) in [6.07, 6.45) is 1.44. The Kier molecular flexibility index (Phi) is 7.85. The first kappa shape index (κ1) is 22.9. The Balaban J connectivity index is 1.80. The first-order valence-corrected chi connectivity index (χ1v) is 10.2. The van der Waals surface area contributed by atoms with Crippen molar-refractivity contribution >= 4 is 29.3 Å². The maximum absolute atomic E-state index is 13.8. The van der Waals surface area contributed by atoms with Crippen LogP contribution in [0.15, 0.2) is 72.3 Å². The van der Waals surface area contributed by atoms with E-state index >= 15 is 0 Å². The van der Waals surface area contributed by atoms with E-state index in [2.05, 4.69) is 5.32 Å². The summed E-state index contributed by atoms with van der Waals surface area (Å²) < 4.78 is 25.2. The molecule has 0 aliphatic rings. The third kappa shape index (κ3) is 5.87. The molecule has 5 nitrogen and oxygen atoms in total. The molecule has 0 saturated carbocycles. The molecule has 0 heterocycles. The minimum Gasteiger partial charge on any atom is -0.490 e. The van der Waals surface area contributed by atoms with Gasteiger partial charge in [0, 0.05) is 5.56 Å². The van der Waals surface area contributed by atoms with Gasteiger partial charge in [0.2, 0.25) is 0 Å². The van der Waals surface area contributed by atoms with Crippen LogP contribution in [0.4, 0.5) is 10.1 Å². The number of halogens is 2.